The van der Waals surface area contributed by atoms with Crippen molar-refractivity contribution in [2.75, 3.05) is 6.54 Å². The Balaban J connectivity index is 2.26. The Labute approximate surface area is 104 Å². The Kier molecular flexibility index (Phi) is 4.64. The van der Waals surface area contributed by atoms with E-state index in [0.29, 0.717) is 18.8 Å². The van der Waals surface area contributed by atoms with Crippen LogP contribution in [-0.2, 0) is 11.2 Å². The van der Waals surface area contributed by atoms with Crippen LogP contribution < -0.4 is 10.6 Å². The second-order valence-corrected chi connectivity index (χ2v) is 4.52. The van der Waals surface area contributed by atoms with Gasteiger partial charge in [0.25, 0.3) is 0 Å². The van der Waals surface area contributed by atoms with E-state index in [1.165, 1.54) is 6.33 Å². The minimum Gasteiger partial charge on any atom is -0.481 e. The summed E-state index contributed by atoms with van der Waals surface area (Å²) in [5, 5.41) is 20.2. The number of aromatic nitrogens is 3. The summed E-state index contributed by atoms with van der Waals surface area (Å²) in [6, 6.07) is -0.402. The normalized spacial score (nSPS) is 11.0. The zero-order valence-corrected chi connectivity index (χ0v) is 10.4. The van der Waals surface area contributed by atoms with Crippen LogP contribution in [0.15, 0.2) is 6.33 Å². The number of aliphatic carboxylic acids is 1. The van der Waals surface area contributed by atoms with Gasteiger partial charge in [0.15, 0.2) is 0 Å². The summed E-state index contributed by atoms with van der Waals surface area (Å²) in [5.74, 6) is -0.276. The van der Waals surface area contributed by atoms with Crippen molar-refractivity contribution in [1.82, 2.24) is 25.8 Å². The highest BCUT2D eigenvalue weighted by atomic mass is 16.4. The molecule has 0 atom stereocenters. The number of hydrogen-bond acceptors (Lipinski definition) is 4. The maximum absolute atomic E-state index is 11.5. The number of carbonyl (C=O) groups is 2. The summed E-state index contributed by atoms with van der Waals surface area (Å²) < 4.78 is 0. The van der Waals surface area contributed by atoms with Crippen LogP contribution in [0.5, 0.6) is 0 Å². The van der Waals surface area contributed by atoms with E-state index in [0.717, 1.165) is 0 Å². The van der Waals surface area contributed by atoms with E-state index in [9.17, 15) is 9.59 Å². The third-order valence-corrected chi connectivity index (χ3v) is 2.16. The van der Waals surface area contributed by atoms with Crippen molar-refractivity contribution < 1.29 is 14.7 Å². The molecular formula is C10H17N5O3. The largest absolute Gasteiger partial charge is 0.481 e. The van der Waals surface area contributed by atoms with Gasteiger partial charge in [-0.2, -0.15) is 5.10 Å². The Bertz CT molecular complexity index is 402. The molecule has 2 amide bonds. The molecule has 8 heteroatoms. The van der Waals surface area contributed by atoms with Crippen LogP contribution in [0, 0.1) is 0 Å². The fraction of sp³-hybridized carbons (Fsp3) is 0.600. The van der Waals surface area contributed by atoms with Crippen molar-refractivity contribution in [2.24, 2.45) is 0 Å². The number of urea groups is 1. The average Bonchev–Trinajstić information content (AvgIpc) is 2.66. The van der Waals surface area contributed by atoms with Crippen molar-refractivity contribution in [1.29, 1.82) is 0 Å². The molecule has 0 aliphatic carbocycles. The molecule has 0 saturated heterocycles. The lowest BCUT2D eigenvalue weighted by molar-refractivity contribution is -0.138. The molecule has 1 aromatic rings. The summed E-state index contributed by atoms with van der Waals surface area (Å²) in [7, 11) is 0. The Morgan fingerprint density at radius 1 is 1.50 bits per heavy atom. The van der Waals surface area contributed by atoms with Crippen LogP contribution in [-0.4, -0.2) is 44.4 Å². The fourth-order valence-corrected chi connectivity index (χ4v) is 1.42. The summed E-state index contributed by atoms with van der Waals surface area (Å²) in [6.07, 6.45) is 1.79. The van der Waals surface area contributed by atoms with Gasteiger partial charge < -0.3 is 15.7 Å². The fourth-order valence-electron chi connectivity index (χ4n) is 1.42. The Morgan fingerprint density at radius 3 is 2.78 bits per heavy atom. The zero-order chi connectivity index (χ0) is 13.6. The topological polar surface area (TPSA) is 120 Å². The Hall–Kier alpha value is -2.12. The van der Waals surface area contributed by atoms with Crippen LogP contribution >= 0.6 is 0 Å². The maximum atomic E-state index is 11.5. The molecule has 100 valence electrons. The van der Waals surface area contributed by atoms with Gasteiger partial charge in [-0.05, 0) is 13.8 Å². The van der Waals surface area contributed by atoms with Gasteiger partial charge in [0.2, 0.25) is 0 Å². The lowest BCUT2D eigenvalue weighted by atomic mass is 10.0. The molecule has 0 spiro atoms. The second kappa shape index (κ2) is 5.99. The molecule has 1 rings (SSSR count). The molecule has 18 heavy (non-hydrogen) atoms. The number of nitrogens with one attached hydrogen (secondary N) is 3. The van der Waals surface area contributed by atoms with Crippen molar-refractivity contribution in [3.05, 3.63) is 12.2 Å². The van der Waals surface area contributed by atoms with Crippen molar-refractivity contribution in [3.8, 4) is 0 Å². The third-order valence-electron chi connectivity index (χ3n) is 2.16. The van der Waals surface area contributed by atoms with Gasteiger partial charge >= 0.3 is 12.0 Å². The van der Waals surface area contributed by atoms with Crippen molar-refractivity contribution >= 4 is 12.0 Å². The number of carbonyl (C=O) groups excluding carboxylic acids is 1. The summed E-state index contributed by atoms with van der Waals surface area (Å²) in [4.78, 5) is 26.0. The Morgan fingerprint density at radius 2 is 2.22 bits per heavy atom. The quantitative estimate of drug-likeness (QED) is 0.565. The van der Waals surface area contributed by atoms with Gasteiger partial charge in [-0.25, -0.2) is 9.78 Å². The number of rotatable bonds is 6. The molecule has 1 aromatic heterocycles. The number of carboxylic acids is 1. The maximum Gasteiger partial charge on any atom is 0.315 e. The molecule has 0 aromatic carbocycles. The van der Waals surface area contributed by atoms with E-state index in [2.05, 4.69) is 25.8 Å². The molecule has 0 aliphatic rings. The number of aromatic amines is 1. The van der Waals surface area contributed by atoms with Gasteiger partial charge in [0, 0.05) is 18.5 Å². The SMILES string of the molecule is CC(C)(CC(=O)O)NC(=O)NCCc1ncn[nH]1. The molecule has 8 nitrogen and oxygen atoms in total. The number of H-pyrrole nitrogens is 1. The highest BCUT2D eigenvalue weighted by Gasteiger charge is 2.23. The van der Waals surface area contributed by atoms with E-state index < -0.39 is 17.5 Å². The van der Waals surface area contributed by atoms with E-state index in [-0.39, 0.29) is 6.42 Å². The van der Waals surface area contributed by atoms with Gasteiger partial charge in [-0.15, -0.1) is 0 Å². The molecule has 0 fully saturated rings. The van der Waals surface area contributed by atoms with E-state index >= 15 is 0 Å². The van der Waals surface area contributed by atoms with Gasteiger partial charge in [0.1, 0.15) is 12.2 Å². The standard InChI is InChI=1S/C10H17N5O3/c1-10(2,5-8(16)17)14-9(18)11-4-3-7-12-6-13-15-7/h6H,3-5H2,1-2H3,(H,16,17)(H2,11,14,18)(H,12,13,15). The first-order valence-electron chi connectivity index (χ1n) is 5.51. The summed E-state index contributed by atoms with van der Waals surface area (Å²) in [5.41, 5.74) is -0.790. The predicted molar refractivity (Wildman–Crippen MR) is 63.0 cm³/mol. The molecule has 0 unspecified atom stereocenters. The lowest BCUT2D eigenvalue weighted by Crippen LogP contribution is -2.49. The van der Waals surface area contributed by atoms with Crippen molar-refractivity contribution in [2.45, 2.75) is 32.2 Å². The van der Waals surface area contributed by atoms with E-state index in [4.69, 9.17) is 5.11 Å². The zero-order valence-electron chi connectivity index (χ0n) is 10.4. The molecular weight excluding hydrogens is 238 g/mol. The predicted octanol–water partition coefficient (Wildman–Crippen LogP) is -0.100. The third kappa shape index (κ3) is 5.28. The summed E-state index contributed by atoms with van der Waals surface area (Å²) >= 11 is 0. The van der Waals surface area contributed by atoms with Gasteiger partial charge in [-0.1, -0.05) is 0 Å². The average molecular weight is 255 g/mol. The first-order valence-corrected chi connectivity index (χ1v) is 5.51. The molecule has 1 heterocycles. The number of amides is 2. The molecule has 0 aliphatic heterocycles. The molecule has 0 radical (unpaired) electrons. The van der Waals surface area contributed by atoms with E-state index in [1.807, 2.05) is 0 Å². The van der Waals surface area contributed by atoms with Gasteiger partial charge in [-0.3, -0.25) is 9.89 Å². The number of nitrogens with zero attached hydrogens (tertiary/aromatic N) is 2. The minimum atomic E-state index is -0.957. The van der Waals surface area contributed by atoms with Gasteiger partial charge in [0.05, 0.1) is 6.42 Å². The molecule has 0 bridgehead atoms. The number of hydrogen-bond donors (Lipinski definition) is 4. The second-order valence-electron chi connectivity index (χ2n) is 4.52. The van der Waals surface area contributed by atoms with E-state index in [1.54, 1.807) is 13.8 Å². The van der Waals surface area contributed by atoms with Crippen LogP contribution in [0.2, 0.25) is 0 Å². The number of carboxylic acid groups (broad SMARTS) is 1. The minimum absolute atomic E-state index is 0.136. The highest BCUT2D eigenvalue weighted by molar-refractivity contribution is 5.76. The smallest absolute Gasteiger partial charge is 0.315 e. The highest BCUT2D eigenvalue weighted by Crippen LogP contribution is 2.07. The lowest BCUT2D eigenvalue weighted by Gasteiger charge is -2.24. The summed E-state index contributed by atoms with van der Waals surface area (Å²) in [6.45, 7) is 3.69. The first-order chi connectivity index (χ1) is 8.39. The van der Waals surface area contributed by atoms with Crippen LogP contribution in [0.25, 0.3) is 0 Å². The molecule has 0 saturated carbocycles. The molecule has 4 N–H and O–H groups in total. The first kappa shape index (κ1) is 13.9. The monoisotopic (exact) mass is 255 g/mol. The van der Waals surface area contributed by atoms with Crippen LogP contribution in [0.3, 0.4) is 0 Å². The van der Waals surface area contributed by atoms with Crippen LogP contribution in [0.4, 0.5) is 4.79 Å². The van der Waals surface area contributed by atoms with Crippen molar-refractivity contribution in [3.63, 3.8) is 0 Å². The van der Waals surface area contributed by atoms with Crippen LogP contribution in [0.1, 0.15) is 26.1 Å².